The van der Waals surface area contributed by atoms with E-state index in [1.165, 1.54) is 11.3 Å². The maximum atomic E-state index is 4.48. The van der Waals surface area contributed by atoms with E-state index in [9.17, 15) is 0 Å². The molecule has 1 fully saturated rings. The molecule has 18 heavy (non-hydrogen) atoms. The Balaban J connectivity index is 1.87. The molecule has 0 aliphatic heterocycles. The molecule has 1 aliphatic rings. The lowest BCUT2D eigenvalue weighted by atomic mass is 10.0. The quantitative estimate of drug-likeness (QED) is 0.869. The molecule has 1 heterocycles. The maximum Gasteiger partial charge on any atom is 0.0666 e. The SMILES string of the molecule is CCc1nn(C)cc1CNCC1C(C)(C)C1(C)C. The van der Waals surface area contributed by atoms with E-state index in [0.717, 1.165) is 25.4 Å². The van der Waals surface area contributed by atoms with Gasteiger partial charge in [-0.05, 0) is 29.7 Å². The first-order valence-corrected chi connectivity index (χ1v) is 7.02. The van der Waals surface area contributed by atoms with Crippen molar-refractivity contribution < 1.29 is 0 Å². The Kier molecular flexibility index (Phi) is 3.30. The van der Waals surface area contributed by atoms with Crippen LogP contribution in [0.4, 0.5) is 0 Å². The molecule has 0 radical (unpaired) electrons. The Morgan fingerprint density at radius 1 is 1.28 bits per heavy atom. The molecule has 0 saturated heterocycles. The second-order valence-corrected chi connectivity index (χ2v) is 6.76. The van der Waals surface area contributed by atoms with Gasteiger partial charge in [0, 0.05) is 25.4 Å². The van der Waals surface area contributed by atoms with Crippen LogP contribution in [0.3, 0.4) is 0 Å². The van der Waals surface area contributed by atoms with E-state index < -0.39 is 0 Å². The number of aryl methyl sites for hydroxylation is 2. The smallest absolute Gasteiger partial charge is 0.0666 e. The highest BCUT2D eigenvalue weighted by atomic mass is 15.3. The van der Waals surface area contributed by atoms with Gasteiger partial charge >= 0.3 is 0 Å². The molecular formula is C15H27N3. The van der Waals surface area contributed by atoms with Gasteiger partial charge in [-0.25, -0.2) is 0 Å². The van der Waals surface area contributed by atoms with E-state index in [-0.39, 0.29) is 0 Å². The van der Waals surface area contributed by atoms with Crippen molar-refractivity contribution in [3.63, 3.8) is 0 Å². The lowest BCUT2D eigenvalue weighted by Crippen LogP contribution is -2.19. The molecule has 0 bridgehead atoms. The topological polar surface area (TPSA) is 29.9 Å². The normalized spacial score (nSPS) is 21.2. The molecule has 1 saturated carbocycles. The van der Waals surface area contributed by atoms with Gasteiger partial charge in [0.1, 0.15) is 0 Å². The average molecular weight is 249 g/mol. The summed E-state index contributed by atoms with van der Waals surface area (Å²) >= 11 is 0. The van der Waals surface area contributed by atoms with Crippen LogP contribution < -0.4 is 5.32 Å². The molecule has 0 atom stereocenters. The Bertz CT molecular complexity index is 415. The van der Waals surface area contributed by atoms with Gasteiger partial charge in [0.15, 0.2) is 0 Å². The zero-order valence-electron chi connectivity index (χ0n) is 12.7. The standard InChI is InChI=1S/C15H27N3/c1-7-12-11(10-18(6)17-12)8-16-9-13-14(2,3)15(13,4)5/h10,13,16H,7-9H2,1-6H3. The zero-order chi connectivity index (χ0) is 13.6. The van der Waals surface area contributed by atoms with Gasteiger partial charge in [0.25, 0.3) is 0 Å². The van der Waals surface area contributed by atoms with Gasteiger partial charge in [-0.15, -0.1) is 0 Å². The Morgan fingerprint density at radius 3 is 2.39 bits per heavy atom. The summed E-state index contributed by atoms with van der Waals surface area (Å²) in [5.41, 5.74) is 3.51. The highest BCUT2D eigenvalue weighted by Crippen LogP contribution is 2.67. The molecule has 2 rings (SSSR count). The fraction of sp³-hybridized carbons (Fsp3) is 0.800. The van der Waals surface area contributed by atoms with Crippen molar-refractivity contribution in [2.24, 2.45) is 23.8 Å². The van der Waals surface area contributed by atoms with Crippen molar-refractivity contribution in [1.82, 2.24) is 15.1 Å². The van der Waals surface area contributed by atoms with E-state index in [2.05, 4.69) is 51.2 Å². The predicted molar refractivity (Wildman–Crippen MR) is 75.3 cm³/mol. The molecule has 0 spiro atoms. The fourth-order valence-electron chi connectivity index (χ4n) is 3.22. The number of rotatable bonds is 5. The highest BCUT2D eigenvalue weighted by molar-refractivity contribution is 5.17. The fourth-order valence-corrected chi connectivity index (χ4v) is 3.22. The van der Waals surface area contributed by atoms with Crippen LogP contribution in [0.1, 0.15) is 45.9 Å². The van der Waals surface area contributed by atoms with Crippen molar-refractivity contribution in [1.29, 1.82) is 0 Å². The molecule has 3 heteroatoms. The molecular weight excluding hydrogens is 222 g/mol. The predicted octanol–water partition coefficient (Wildman–Crippen LogP) is 2.75. The molecule has 1 aromatic heterocycles. The van der Waals surface area contributed by atoms with Gasteiger partial charge in [-0.3, -0.25) is 4.68 Å². The maximum absolute atomic E-state index is 4.48. The van der Waals surface area contributed by atoms with E-state index in [0.29, 0.717) is 10.8 Å². The first kappa shape index (κ1) is 13.6. The lowest BCUT2D eigenvalue weighted by molar-refractivity contribution is 0.457. The minimum absolute atomic E-state index is 0.475. The second-order valence-electron chi connectivity index (χ2n) is 6.76. The van der Waals surface area contributed by atoms with Crippen LogP contribution >= 0.6 is 0 Å². The van der Waals surface area contributed by atoms with Crippen LogP contribution in [0.2, 0.25) is 0 Å². The number of hydrogen-bond acceptors (Lipinski definition) is 2. The highest BCUT2D eigenvalue weighted by Gasteiger charge is 2.63. The average Bonchev–Trinajstić information content (AvgIpc) is 2.61. The lowest BCUT2D eigenvalue weighted by Gasteiger charge is -2.05. The number of nitrogens with one attached hydrogen (secondary N) is 1. The Morgan fingerprint density at radius 2 is 1.89 bits per heavy atom. The summed E-state index contributed by atoms with van der Waals surface area (Å²) in [4.78, 5) is 0. The molecule has 0 unspecified atom stereocenters. The van der Waals surface area contributed by atoms with Gasteiger partial charge in [-0.2, -0.15) is 5.10 Å². The van der Waals surface area contributed by atoms with Crippen molar-refractivity contribution >= 4 is 0 Å². The first-order valence-electron chi connectivity index (χ1n) is 7.02. The molecule has 0 aromatic carbocycles. The molecule has 0 amide bonds. The van der Waals surface area contributed by atoms with Crippen LogP contribution in [-0.2, 0) is 20.0 Å². The minimum atomic E-state index is 0.475. The summed E-state index contributed by atoms with van der Waals surface area (Å²) in [6, 6.07) is 0. The van der Waals surface area contributed by atoms with Gasteiger partial charge in [-0.1, -0.05) is 34.6 Å². The number of hydrogen-bond donors (Lipinski definition) is 1. The molecule has 1 N–H and O–H groups in total. The van der Waals surface area contributed by atoms with Crippen molar-refractivity contribution in [3.8, 4) is 0 Å². The minimum Gasteiger partial charge on any atom is -0.312 e. The third-order valence-electron chi connectivity index (χ3n) is 5.31. The van der Waals surface area contributed by atoms with Crippen LogP contribution in [0.25, 0.3) is 0 Å². The third kappa shape index (κ3) is 2.09. The summed E-state index contributed by atoms with van der Waals surface area (Å²) in [7, 11) is 2.00. The van der Waals surface area contributed by atoms with Crippen LogP contribution in [0.15, 0.2) is 6.20 Å². The summed E-state index contributed by atoms with van der Waals surface area (Å²) in [5, 5.41) is 8.09. The van der Waals surface area contributed by atoms with E-state index in [4.69, 9.17) is 0 Å². The third-order valence-corrected chi connectivity index (χ3v) is 5.31. The summed E-state index contributed by atoms with van der Waals surface area (Å²) < 4.78 is 1.92. The monoisotopic (exact) mass is 249 g/mol. The van der Waals surface area contributed by atoms with Gasteiger partial charge in [0.05, 0.1) is 5.69 Å². The van der Waals surface area contributed by atoms with Gasteiger partial charge < -0.3 is 5.32 Å². The summed E-state index contributed by atoms with van der Waals surface area (Å²) in [5.74, 6) is 0.784. The largest absolute Gasteiger partial charge is 0.312 e. The van der Waals surface area contributed by atoms with Crippen molar-refractivity contribution in [2.75, 3.05) is 6.54 Å². The molecule has 3 nitrogen and oxygen atoms in total. The van der Waals surface area contributed by atoms with Crippen LogP contribution in [0.5, 0.6) is 0 Å². The van der Waals surface area contributed by atoms with Crippen molar-refractivity contribution in [3.05, 3.63) is 17.5 Å². The van der Waals surface area contributed by atoms with E-state index >= 15 is 0 Å². The summed E-state index contributed by atoms with van der Waals surface area (Å²) in [6.07, 6.45) is 3.15. The molecule has 1 aromatic rings. The molecule has 1 aliphatic carbocycles. The van der Waals surface area contributed by atoms with Gasteiger partial charge in [0.2, 0.25) is 0 Å². The summed E-state index contributed by atoms with van der Waals surface area (Å²) in [6.45, 7) is 13.7. The van der Waals surface area contributed by atoms with Crippen LogP contribution in [-0.4, -0.2) is 16.3 Å². The Hall–Kier alpha value is -0.830. The van der Waals surface area contributed by atoms with E-state index in [1.807, 2.05) is 11.7 Å². The molecule has 102 valence electrons. The van der Waals surface area contributed by atoms with Crippen LogP contribution in [0, 0.1) is 16.7 Å². The number of aromatic nitrogens is 2. The first-order chi connectivity index (χ1) is 8.30. The van der Waals surface area contributed by atoms with Crippen molar-refractivity contribution in [2.45, 2.75) is 47.6 Å². The second kappa shape index (κ2) is 4.37. The Labute approximate surface area is 111 Å². The van der Waals surface area contributed by atoms with E-state index in [1.54, 1.807) is 0 Å². The number of nitrogens with zero attached hydrogens (tertiary/aromatic N) is 2. The zero-order valence-corrected chi connectivity index (χ0v) is 12.7.